The Morgan fingerprint density at radius 2 is 0.973 bits per heavy atom. The minimum absolute atomic E-state index is 0.130. The fourth-order valence-corrected chi connectivity index (χ4v) is 3.79. The quantitative estimate of drug-likeness (QED) is 0.216. The maximum Gasteiger partial charge on any atom is 0.359 e. The van der Waals surface area contributed by atoms with Crippen molar-refractivity contribution in [2.75, 3.05) is 0 Å². The average molecular weight is 514 g/mol. The second-order valence-electron chi connectivity index (χ2n) is 8.38. The first-order valence-electron chi connectivity index (χ1n) is 11.0. The van der Waals surface area contributed by atoms with E-state index in [1.807, 2.05) is 0 Å². The molecule has 4 rings (SSSR count). The maximum atomic E-state index is 13.5. The van der Waals surface area contributed by atoms with Gasteiger partial charge in [0.25, 0.3) is 0 Å². The lowest BCUT2D eigenvalue weighted by molar-refractivity contribution is 0.107. The molecule has 4 aromatic carbocycles. The Balaban J connectivity index is 1.37. The van der Waals surface area contributed by atoms with Crippen LogP contribution < -0.4 is 21.9 Å². The number of halogens is 6. The van der Waals surface area contributed by atoms with Crippen LogP contribution in [0.15, 0.2) is 72.8 Å². The predicted octanol–water partition coefficient (Wildman–Crippen LogP) is 2.43. The molecule has 0 aromatic heterocycles. The fourth-order valence-electron chi connectivity index (χ4n) is 3.79. The van der Waals surface area contributed by atoms with Gasteiger partial charge >= 0.3 is 13.8 Å². The SMILES string of the molecule is OB(c1ccc(COCc2cccc(B(O)c3cc(F)c(F)c(F)c3)c2)cc1)c1cc(F)c(F)c(F)c1. The first kappa shape index (κ1) is 26.5. The Labute approximate surface area is 209 Å². The molecule has 0 aliphatic carbocycles. The molecule has 0 saturated heterocycles. The van der Waals surface area contributed by atoms with Gasteiger partial charge in [0.1, 0.15) is 0 Å². The van der Waals surface area contributed by atoms with Crippen molar-refractivity contribution >= 4 is 35.7 Å². The molecule has 0 unspecified atom stereocenters. The monoisotopic (exact) mass is 514 g/mol. The number of hydrogen-bond donors (Lipinski definition) is 2. The van der Waals surface area contributed by atoms with Gasteiger partial charge in [-0.3, -0.25) is 0 Å². The molecule has 0 atom stereocenters. The summed E-state index contributed by atoms with van der Waals surface area (Å²) in [5, 5.41) is 20.9. The van der Waals surface area contributed by atoms with Crippen LogP contribution in [0.3, 0.4) is 0 Å². The van der Waals surface area contributed by atoms with Crippen molar-refractivity contribution < 1.29 is 41.1 Å². The zero-order valence-electron chi connectivity index (χ0n) is 19.1. The Kier molecular flexibility index (Phi) is 8.06. The van der Waals surface area contributed by atoms with Crippen LogP contribution in [0.4, 0.5) is 26.3 Å². The second kappa shape index (κ2) is 11.2. The van der Waals surface area contributed by atoms with Crippen LogP contribution in [0.2, 0.25) is 0 Å². The van der Waals surface area contributed by atoms with Gasteiger partial charge in [-0.25, -0.2) is 26.3 Å². The molecule has 0 saturated carbocycles. The molecular formula is C26H18B2F6O3. The van der Waals surface area contributed by atoms with E-state index in [9.17, 15) is 36.4 Å². The molecule has 11 heteroatoms. The maximum absolute atomic E-state index is 13.5. The summed E-state index contributed by atoms with van der Waals surface area (Å²) in [6, 6.07) is 15.8. The highest BCUT2D eigenvalue weighted by molar-refractivity contribution is 6.79. The van der Waals surface area contributed by atoms with Gasteiger partial charge in [-0.05, 0) is 57.2 Å². The molecule has 0 bridgehead atoms. The Morgan fingerprint density at radius 1 is 0.514 bits per heavy atom. The summed E-state index contributed by atoms with van der Waals surface area (Å²) < 4.78 is 86.0. The van der Waals surface area contributed by atoms with Gasteiger partial charge in [-0.2, -0.15) is 0 Å². The minimum atomic E-state index is -1.61. The van der Waals surface area contributed by atoms with Gasteiger partial charge in [0.05, 0.1) is 13.2 Å². The van der Waals surface area contributed by atoms with E-state index < -0.39 is 48.7 Å². The molecule has 4 aromatic rings. The van der Waals surface area contributed by atoms with Gasteiger partial charge in [0.15, 0.2) is 34.9 Å². The van der Waals surface area contributed by atoms with Gasteiger partial charge in [-0.15, -0.1) is 0 Å². The van der Waals surface area contributed by atoms with Crippen molar-refractivity contribution in [2.45, 2.75) is 13.2 Å². The molecule has 0 radical (unpaired) electrons. The van der Waals surface area contributed by atoms with E-state index in [0.717, 1.165) is 29.8 Å². The van der Waals surface area contributed by atoms with Gasteiger partial charge in [0, 0.05) is 0 Å². The highest BCUT2D eigenvalue weighted by Gasteiger charge is 2.23. The van der Waals surface area contributed by atoms with Crippen LogP contribution in [0.5, 0.6) is 0 Å². The zero-order chi connectivity index (χ0) is 26.7. The van der Waals surface area contributed by atoms with Crippen molar-refractivity contribution in [3.63, 3.8) is 0 Å². The first-order chi connectivity index (χ1) is 17.6. The molecule has 188 valence electrons. The lowest BCUT2D eigenvalue weighted by Crippen LogP contribution is -2.43. The van der Waals surface area contributed by atoms with Gasteiger partial charge in [-0.1, -0.05) is 48.5 Å². The molecule has 37 heavy (non-hydrogen) atoms. The van der Waals surface area contributed by atoms with Crippen LogP contribution in [0.25, 0.3) is 0 Å². The van der Waals surface area contributed by atoms with Crippen molar-refractivity contribution in [3.05, 3.63) is 119 Å². The molecule has 0 spiro atoms. The number of benzene rings is 4. The Bertz CT molecular complexity index is 1370. The van der Waals surface area contributed by atoms with E-state index in [0.29, 0.717) is 16.5 Å². The summed E-state index contributed by atoms with van der Waals surface area (Å²) in [6.45, 7) is -2.45. The predicted molar refractivity (Wildman–Crippen MR) is 128 cm³/mol. The standard InChI is InChI=1S/C26H18B2F6O3/c29-21-9-19(10-22(30)25(21)33)27(35)17-6-4-15(5-7-17)13-37-14-16-2-1-3-18(8-16)28(36)20-11-23(31)26(34)24(32)12-20/h1-12,35-36H,13-14H2. The van der Waals surface area contributed by atoms with E-state index >= 15 is 0 Å². The molecule has 0 amide bonds. The summed E-state index contributed by atoms with van der Waals surface area (Å²) in [5.74, 6) is -8.81. The van der Waals surface area contributed by atoms with Crippen molar-refractivity contribution in [3.8, 4) is 0 Å². The Morgan fingerprint density at radius 3 is 1.49 bits per heavy atom. The fraction of sp³-hybridized carbons (Fsp3) is 0.0769. The average Bonchev–Trinajstić information content (AvgIpc) is 2.89. The molecule has 0 aliphatic heterocycles. The lowest BCUT2D eigenvalue weighted by Gasteiger charge is -2.11. The van der Waals surface area contributed by atoms with E-state index in [1.54, 1.807) is 48.5 Å². The third-order valence-corrected chi connectivity index (χ3v) is 5.74. The molecule has 0 aliphatic rings. The number of ether oxygens (including phenoxy) is 1. The lowest BCUT2D eigenvalue weighted by atomic mass is 9.55. The van der Waals surface area contributed by atoms with Crippen molar-refractivity contribution in [2.24, 2.45) is 0 Å². The normalized spacial score (nSPS) is 11.0. The summed E-state index contributed by atoms with van der Waals surface area (Å²) in [5.41, 5.74) is 1.78. The highest BCUT2D eigenvalue weighted by atomic mass is 19.2. The van der Waals surface area contributed by atoms with Crippen LogP contribution >= 0.6 is 0 Å². The largest absolute Gasteiger partial charge is 0.443 e. The topological polar surface area (TPSA) is 49.7 Å². The van der Waals surface area contributed by atoms with Crippen LogP contribution in [0.1, 0.15) is 11.1 Å². The van der Waals surface area contributed by atoms with Crippen LogP contribution in [-0.4, -0.2) is 23.9 Å². The third kappa shape index (κ3) is 6.07. The van der Waals surface area contributed by atoms with Crippen LogP contribution in [0, 0.1) is 34.9 Å². The summed E-state index contributed by atoms with van der Waals surface area (Å²) in [4.78, 5) is 0. The molecule has 2 N–H and O–H groups in total. The van der Waals surface area contributed by atoms with Crippen LogP contribution in [-0.2, 0) is 18.0 Å². The third-order valence-electron chi connectivity index (χ3n) is 5.74. The first-order valence-corrected chi connectivity index (χ1v) is 11.0. The summed E-state index contributed by atoms with van der Waals surface area (Å²) in [6.07, 6.45) is 0. The zero-order valence-corrected chi connectivity index (χ0v) is 19.1. The smallest absolute Gasteiger partial charge is 0.359 e. The van der Waals surface area contributed by atoms with E-state index in [-0.39, 0.29) is 24.1 Å². The molecular weight excluding hydrogens is 496 g/mol. The van der Waals surface area contributed by atoms with Crippen molar-refractivity contribution in [1.82, 2.24) is 0 Å². The van der Waals surface area contributed by atoms with E-state index in [4.69, 9.17) is 4.74 Å². The number of rotatable bonds is 8. The summed E-state index contributed by atoms with van der Waals surface area (Å²) >= 11 is 0. The molecule has 0 fully saturated rings. The number of hydrogen-bond acceptors (Lipinski definition) is 3. The second-order valence-corrected chi connectivity index (χ2v) is 8.38. The van der Waals surface area contributed by atoms with E-state index in [2.05, 4.69) is 0 Å². The Hall–Kier alpha value is -3.53. The van der Waals surface area contributed by atoms with Gasteiger partial charge in [0.2, 0.25) is 0 Å². The highest BCUT2D eigenvalue weighted by Crippen LogP contribution is 2.11. The van der Waals surface area contributed by atoms with E-state index in [1.165, 1.54) is 0 Å². The van der Waals surface area contributed by atoms with Gasteiger partial charge < -0.3 is 14.8 Å². The minimum Gasteiger partial charge on any atom is -0.443 e. The molecule has 3 nitrogen and oxygen atoms in total. The van der Waals surface area contributed by atoms with Crippen molar-refractivity contribution in [1.29, 1.82) is 0 Å². The molecule has 0 heterocycles. The summed E-state index contributed by atoms with van der Waals surface area (Å²) in [7, 11) is 0.